The average Bonchev–Trinajstić information content (AvgIpc) is 2.21. The van der Waals surface area contributed by atoms with Crippen molar-refractivity contribution in [2.24, 2.45) is 5.73 Å². The van der Waals surface area contributed by atoms with E-state index in [1.165, 1.54) is 6.07 Å². The van der Waals surface area contributed by atoms with Crippen molar-refractivity contribution < 1.29 is 9.50 Å². The van der Waals surface area contributed by atoms with E-state index in [2.05, 4.69) is 0 Å². The molecule has 16 heavy (non-hydrogen) atoms. The summed E-state index contributed by atoms with van der Waals surface area (Å²) < 4.78 is 13.3. The predicted molar refractivity (Wildman–Crippen MR) is 65.7 cm³/mol. The zero-order valence-corrected chi connectivity index (χ0v) is 9.93. The SMILES string of the molecule is CN(CCO)Cc1ccc(F)c(C(N)=S)c1. The molecular weight excluding hydrogens is 227 g/mol. The van der Waals surface area contributed by atoms with Gasteiger partial charge in [0.15, 0.2) is 0 Å². The second kappa shape index (κ2) is 5.89. The summed E-state index contributed by atoms with van der Waals surface area (Å²) in [5, 5.41) is 8.76. The molecule has 0 heterocycles. The number of hydrogen-bond donors (Lipinski definition) is 2. The third-order valence-corrected chi connectivity index (χ3v) is 2.45. The summed E-state index contributed by atoms with van der Waals surface area (Å²) in [5.41, 5.74) is 6.60. The van der Waals surface area contributed by atoms with E-state index >= 15 is 0 Å². The Hall–Kier alpha value is -1.04. The number of rotatable bonds is 5. The van der Waals surface area contributed by atoms with Crippen LogP contribution < -0.4 is 5.73 Å². The van der Waals surface area contributed by atoms with Crippen LogP contribution in [0.15, 0.2) is 18.2 Å². The summed E-state index contributed by atoms with van der Waals surface area (Å²) in [7, 11) is 1.88. The molecular formula is C11H15FN2OS. The number of aliphatic hydroxyl groups is 1. The van der Waals surface area contributed by atoms with E-state index < -0.39 is 5.82 Å². The number of thiocarbonyl (C=S) groups is 1. The van der Waals surface area contributed by atoms with Gasteiger partial charge in [-0.3, -0.25) is 4.90 Å². The lowest BCUT2D eigenvalue weighted by Gasteiger charge is -2.15. The lowest BCUT2D eigenvalue weighted by Crippen LogP contribution is -2.22. The first-order chi connectivity index (χ1) is 7.54. The molecule has 0 aliphatic carbocycles. The van der Waals surface area contributed by atoms with Crippen LogP contribution in [0, 0.1) is 5.82 Å². The van der Waals surface area contributed by atoms with Crippen molar-refractivity contribution in [3.63, 3.8) is 0 Å². The quantitative estimate of drug-likeness (QED) is 0.753. The van der Waals surface area contributed by atoms with Crippen molar-refractivity contribution in [3.05, 3.63) is 35.1 Å². The Kier molecular flexibility index (Phi) is 4.79. The molecule has 88 valence electrons. The molecule has 0 bridgehead atoms. The van der Waals surface area contributed by atoms with E-state index in [1.807, 2.05) is 11.9 Å². The topological polar surface area (TPSA) is 49.5 Å². The van der Waals surface area contributed by atoms with Gasteiger partial charge in [-0.15, -0.1) is 0 Å². The van der Waals surface area contributed by atoms with E-state index in [-0.39, 0.29) is 17.2 Å². The fraction of sp³-hybridized carbons (Fsp3) is 0.364. The van der Waals surface area contributed by atoms with Crippen molar-refractivity contribution in [2.45, 2.75) is 6.54 Å². The Morgan fingerprint density at radius 2 is 2.25 bits per heavy atom. The highest BCUT2D eigenvalue weighted by atomic mass is 32.1. The second-order valence-corrected chi connectivity index (χ2v) is 4.08. The third-order valence-electron chi connectivity index (χ3n) is 2.23. The van der Waals surface area contributed by atoms with Crippen molar-refractivity contribution in [2.75, 3.05) is 20.2 Å². The minimum Gasteiger partial charge on any atom is -0.395 e. The van der Waals surface area contributed by atoms with Crippen molar-refractivity contribution in [3.8, 4) is 0 Å². The first-order valence-electron chi connectivity index (χ1n) is 4.92. The molecule has 0 fully saturated rings. The highest BCUT2D eigenvalue weighted by Gasteiger charge is 2.07. The molecule has 5 heteroatoms. The van der Waals surface area contributed by atoms with Gasteiger partial charge >= 0.3 is 0 Å². The van der Waals surface area contributed by atoms with Crippen LogP contribution >= 0.6 is 12.2 Å². The van der Waals surface area contributed by atoms with Gasteiger partial charge in [0.2, 0.25) is 0 Å². The molecule has 3 nitrogen and oxygen atoms in total. The molecule has 0 aliphatic rings. The van der Waals surface area contributed by atoms with Gasteiger partial charge in [-0.05, 0) is 24.7 Å². The lowest BCUT2D eigenvalue weighted by molar-refractivity contribution is 0.217. The van der Waals surface area contributed by atoms with Crippen LogP contribution in [0.4, 0.5) is 4.39 Å². The average molecular weight is 242 g/mol. The standard InChI is InChI=1S/C11H15FN2OS/c1-14(4-5-15)7-8-2-3-10(12)9(6-8)11(13)16/h2-3,6,15H,4-5,7H2,1H3,(H2,13,16). The van der Waals surface area contributed by atoms with E-state index in [0.717, 1.165) is 5.56 Å². The Morgan fingerprint density at radius 3 is 2.81 bits per heavy atom. The summed E-state index contributed by atoms with van der Waals surface area (Å²) in [6.45, 7) is 1.29. The molecule has 1 aromatic rings. The normalized spacial score (nSPS) is 10.8. The number of halogens is 1. The first kappa shape index (κ1) is 13.0. The maximum atomic E-state index is 13.3. The summed E-state index contributed by atoms with van der Waals surface area (Å²) in [4.78, 5) is 1.99. The molecule has 1 aromatic carbocycles. The predicted octanol–water partition coefficient (Wildman–Crippen LogP) is 0.884. The zero-order chi connectivity index (χ0) is 12.1. The number of aliphatic hydroxyl groups excluding tert-OH is 1. The van der Waals surface area contributed by atoms with Gasteiger partial charge < -0.3 is 10.8 Å². The highest BCUT2D eigenvalue weighted by Crippen LogP contribution is 2.12. The van der Waals surface area contributed by atoms with Gasteiger partial charge in [0.1, 0.15) is 10.8 Å². The number of nitrogens with two attached hydrogens (primary N) is 1. The first-order valence-corrected chi connectivity index (χ1v) is 5.33. The Morgan fingerprint density at radius 1 is 1.56 bits per heavy atom. The number of benzene rings is 1. The van der Waals surface area contributed by atoms with Gasteiger partial charge in [-0.1, -0.05) is 18.3 Å². The van der Waals surface area contributed by atoms with Crippen LogP contribution in [0.25, 0.3) is 0 Å². The third kappa shape index (κ3) is 3.52. The van der Waals surface area contributed by atoms with E-state index in [4.69, 9.17) is 23.1 Å². The van der Waals surface area contributed by atoms with E-state index in [1.54, 1.807) is 12.1 Å². The smallest absolute Gasteiger partial charge is 0.133 e. The van der Waals surface area contributed by atoms with Crippen molar-refractivity contribution in [1.82, 2.24) is 4.90 Å². The van der Waals surface area contributed by atoms with E-state index in [9.17, 15) is 4.39 Å². The lowest BCUT2D eigenvalue weighted by atomic mass is 10.1. The molecule has 0 unspecified atom stereocenters. The largest absolute Gasteiger partial charge is 0.395 e. The maximum Gasteiger partial charge on any atom is 0.133 e. The molecule has 3 N–H and O–H groups in total. The number of hydrogen-bond acceptors (Lipinski definition) is 3. The van der Waals surface area contributed by atoms with Gasteiger partial charge in [-0.2, -0.15) is 0 Å². The fourth-order valence-electron chi connectivity index (χ4n) is 1.42. The molecule has 0 spiro atoms. The van der Waals surface area contributed by atoms with Gasteiger partial charge in [-0.25, -0.2) is 4.39 Å². The van der Waals surface area contributed by atoms with Crippen molar-refractivity contribution in [1.29, 1.82) is 0 Å². The molecule has 0 radical (unpaired) electrons. The minimum atomic E-state index is -0.402. The van der Waals surface area contributed by atoms with Crippen LogP contribution in [0.2, 0.25) is 0 Å². The highest BCUT2D eigenvalue weighted by molar-refractivity contribution is 7.80. The Labute approximate surface area is 99.7 Å². The molecule has 0 aromatic heterocycles. The summed E-state index contributed by atoms with van der Waals surface area (Å²) in [6.07, 6.45) is 0. The molecule has 0 aliphatic heterocycles. The van der Waals surface area contributed by atoms with Crippen LogP contribution in [0.3, 0.4) is 0 Å². The molecule has 0 amide bonds. The molecule has 1 rings (SSSR count). The van der Waals surface area contributed by atoms with E-state index in [0.29, 0.717) is 13.1 Å². The van der Waals surface area contributed by atoms with Crippen LogP contribution in [-0.4, -0.2) is 35.2 Å². The molecule has 0 saturated heterocycles. The monoisotopic (exact) mass is 242 g/mol. The van der Waals surface area contributed by atoms with Crippen LogP contribution in [0.5, 0.6) is 0 Å². The summed E-state index contributed by atoms with van der Waals surface area (Å²) in [5.74, 6) is -0.402. The Balaban J connectivity index is 2.82. The van der Waals surface area contributed by atoms with Gasteiger partial charge in [0.25, 0.3) is 0 Å². The molecule has 0 saturated carbocycles. The van der Waals surface area contributed by atoms with Crippen LogP contribution in [-0.2, 0) is 6.54 Å². The van der Waals surface area contributed by atoms with Crippen LogP contribution in [0.1, 0.15) is 11.1 Å². The number of likely N-dealkylation sites (N-methyl/N-ethyl adjacent to an activating group) is 1. The summed E-state index contributed by atoms with van der Waals surface area (Å²) in [6, 6.07) is 4.69. The van der Waals surface area contributed by atoms with Gasteiger partial charge in [0, 0.05) is 18.7 Å². The molecule has 0 atom stereocenters. The Bertz CT molecular complexity index is 384. The summed E-state index contributed by atoms with van der Waals surface area (Å²) >= 11 is 4.76. The maximum absolute atomic E-state index is 13.3. The minimum absolute atomic E-state index is 0.0594. The second-order valence-electron chi connectivity index (χ2n) is 3.64. The van der Waals surface area contributed by atoms with Gasteiger partial charge in [0.05, 0.1) is 6.61 Å². The number of nitrogens with zero attached hydrogens (tertiary/aromatic N) is 1. The fourth-order valence-corrected chi connectivity index (χ4v) is 1.58. The van der Waals surface area contributed by atoms with Crippen molar-refractivity contribution >= 4 is 17.2 Å². The zero-order valence-electron chi connectivity index (χ0n) is 9.11.